The molecule has 4 aliphatic rings. The first-order valence-electron chi connectivity index (χ1n) is 16.6. The van der Waals surface area contributed by atoms with Gasteiger partial charge in [0.2, 0.25) is 11.8 Å². The summed E-state index contributed by atoms with van der Waals surface area (Å²) in [5.41, 5.74) is 0. The zero-order chi connectivity index (χ0) is 31.7. The van der Waals surface area contributed by atoms with Crippen molar-refractivity contribution in [3.05, 3.63) is 0 Å². The molecular weight excluding hydrogens is 620 g/mol. The van der Waals surface area contributed by atoms with Gasteiger partial charge in [-0.15, -0.1) is 0 Å². The van der Waals surface area contributed by atoms with Gasteiger partial charge in [-0.2, -0.15) is 23.5 Å². The Labute approximate surface area is 275 Å². The van der Waals surface area contributed by atoms with Gasteiger partial charge in [-0.1, -0.05) is 12.8 Å². The molecule has 6 atom stereocenters. The van der Waals surface area contributed by atoms with Gasteiger partial charge in [0, 0.05) is 61.2 Å². The van der Waals surface area contributed by atoms with Gasteiger partial charge in [-0.05, 0) is 38.5 Å². The largest absolute Gasteiger partial charge is 0.379 e. The van der Waals surface area contributed by atoms with E-state index in [1.165, 1.54) is 0 Å². The van der Waals surface area contributed by atoms with E-state index >= 15 is 0 Å². The number of carbonyl (C=O) groups excluding carboxylic acids is 4. The molecule has 0 spiro atoms. The molecule has 6 N–H and O–H groups in total. The summed E-state index contributed by atoms with van der Waals surface area (Å²) in [6.07, 6.45) is 8.33. The summed E-state index contributed by atoms with van der Waals surface area (Å²) in [6.45, 7) is 4.37. The molecular formula is C30H52N6O7S2. The minimum absolute atomic E-state index is 0.0560. The van der Waals surface area contributed by atoms with Crippen molar-refractivity contribution in [2.45, 2.75) is 98.9 Å². The van der Waals surface area contributed by atoms with Crippen LogP contribution in [0.2, 0.25) is 0 Å². The minimum Gasteiger partial charge on any atom is -0.379 e. The lowest BCUT2D eigenvalue weighted by molar-refractivity contribution is -0.122. The molecule has 0 aromatic heterocycles. The molecule has 0 bridgehead atoms. The fraction of sp³-hybridized carbons (Fsp3) is 0.867. The van der Waals surface area contributed by atoms with Crippen molar-refractivity contribution in [1.29, 1.82) is 0 Å². The summed E-state index contributed by atoms with van der Waals surface area (Å²) in [6, 6.07) is 0.851. The average molecular weight is 673 g/mol. The van der Waals surface area contributed by atoms with Crippen LogP contribution in [0.25, 0.3) is 0 Å². The molecule has 4 saturated heterocycles. The van der Waals surface area contributed by atoms with Crippen molar-refractivity contribution in [2.24, 2.45) is 0 Å². The molecule has 45 heavy (non-hydrogen) atoms. The highest BCUT2D eigenvalue weighted by Crippen LogP contribution is 2.34. The topological polar surface area (TPSA) is 168 Å². The first-order valence-corrected chi connectivity index (χ1v) is 18.7. The van der Waals surface area contributed by atoms with Gasteiger partial charge in [-0.25, -0.2) is 9.59 Å². The number of hydrogen-bond acceptors (Lipinski definition) is 9. The standard InChI is InChI=1S/C30H52N6O7S2/c37-25(9-3-1-7-23-27-21(19-44-23)33-29(39)35-27)31-11-5-13-41-15-17-43-18-16-42-14-6-12-32-26(38)10-4-2-8-24-28-22(20-45-24)34-30(40)36-28/h21-24,27-28H,1-20H2,(H,31,37)(H,32,38)(H2,33,35,39)(H2,34,36,40)/t21-,22+,23-,24-,27-,28-/m0/s1. The summed E-state index contributed by atoms with van der Waals surface area (Å²) in [5.74, 6) is 2.09. The highest BCUT2D eigenvalue weighted by atomic mass is 32.2. The summed E-state index contributed by atoms with van der Waals surface area (Å²) < 4.78 is 16.6. The molecule has 15 heteroatoms. The number of unbranched alkanes of at least 4 members (excludes halogenated alkanes) is 2. The Balaban J connectivity index is 0.821. The molecule has 0 aliphatic carbocycles. The number of urea groups is 2. The van der Waals surface area contributed by atoms with E-state index in [2.05, 4.69) is 31.9 Å². The van der Waals surface area contributed by atoms with E-state index in [0.29, 0.717) is 76.1 Å². The molecule has 0 saturated carbocycles. The Morgan fingerprint density at radius 2 is 1.02 bits per heavy atom. The van der Waals surface area contributed by atoms with Gasteiger partial charge < -0.3 is 46.1 Å². The highest BCUT2D eigenvalue weighted by Gasteiger charge is 2.43. The number of thioether (sulfide) groups is 2. The molecule has 13 nitrogen and oxygen atoms in total. The van der Waals surface area contributed by atoms with Crippen molar-refractivity contribution in [3.63, 3.8) is 0 Å². The fourth-order valence-corrected chi connectivity index (χ4v) is 9.16. The number of nitrogens with one attached hydrogen (secondary N) is 6. The van der Waals surface area contributed by atoms with Crippen LogP contribution < -0.4 is 31.9 Å². The third-order valence-electron chi connectivity index (χ3n) is 8.48. The van der Waals surface area contributed by atoms with Crippen molar-refractivity contribution < 1.29 is 33.4 Å². The van der Waals surface area contributed by atoms with E-state index in [9.17, 15) is 19.2 Å². The maximum absolute atomic E-state index is 12.0. The number of amides is 6. The van der Waals surface area contributed by atoms with Crippen LogP contribution in [0.4, 0.5) is 9.59 Å². The molecule has 4 aliphatic heterocycles. The van der Waals surface area contributed by atoms with Crippen molar-refractivity contribution in [2.75, 3.05) is 64.2 Å². The third kappa shape index (κ3) is 13.0. The number of fused-ring (bicyclic) bond motifs is 2. The van der Waals surface area contributed by atoms with E-state index in [1.807, 2.05) is 23.5 Å². The Kier molecular flexibility index (Phi) is 16.2. The smallest absolute Gasteiger partial charge is 0.315 e. The number of carbonyl (C=O) groups is 4. The van der Waals surface area contributed by atoms with E-state index in [4.69, 9.17) is 14.2 Å². The zero-order valence-corrected chi connectivity index (χ0v) is 27.9. The summed E-state index contributed by atoms with van der Waals surface area (Å²) in [5, 5.41) is 18.7. The van der Waals surface area contributed by atoms with Crippen LogP contribution in [0.3, 0.4) is 0 Å². The van der Waals surface area contributed by atoms with Gasteiger partial charge in [-0.3, -0.25) is 9.59 Å². The lowest BCUT2D eigenvalue weighted by Gasteiger charge is -2.16. The van der Waals surface area contributed by atoms with Gasteiger partial charge >= 0.3 is 12.1 Å². The Morgan fingerprint density at radius 1 is 0.600 bits per heavy atom. The van der Waals surface area contributed by atoms with Crippen molar-refractivity contribution in [1.82, 2.24) is 31.9 Å². The first kappa shape index (κ1) is 35.9. The van der Waals surface area contributed by atoms with Crippen molar-refractivity contribution in [3.8, 4) is 0 Å². The molecule has 0 aromatic carbocycles. The lowest BCUT2D eigenvalue weighted by Crippen LogP contribution is -2.36. The molecule has 0 radical (unpaired) electrons. The number of rotatable bonds is 24. The van der Waals surface area contributed by atoms with E-state index in [1.54, 1.807) is 0 Å². The summed E-state index contributed by atoms with van der Waals surface area (Å²) >= 11 is 3.82. The molecule has 0 unspecified atom stereocenters. The SMILES string of the molecule is O=C(CCCC[C@@H]1SC[C@H]2NC(=O)N[C@H]12)NCCCOCCOCCOCCCNC(=O)CCCC[C@@H]1SC[C@@H]2NC(=O)N[C@@H]21. The summed E-state index contributed by atoms with van der Waals surface area (Å²) in [4.78, 5) is 47.0. The molecule has 0 aromatic rings. The molecule has 6 amide bonds. The quantitative estimate of drug-likeness (QED) is 0.0658. The highest BCUT2D eigenvalue weighted by molar-refractivity contribution is 8.00. The second kappa shape index (κ2) is 20.3. The minimum atomic E-state index is -0.0560. The average Bonchev–Trinajstić information content (AvgIpc) is 3.77. The maximum atomic E-state index is 12.0. The molecule has 4 fully saturated rings. The lowest BCUT2D eigenvalue weighted by atomic mass is 10.0. The van der Waals surface area contributed by atoms with Crippen LogP contribution in [0.1, 0.15) is 64.2 Å². The monoisotopic (exact) mass is 672 g/mol. The number of ether oxygens (including phenoxy) is 3. The Hall–Kier alpha value is -1.94. The van der Waals surface area contributed by atoms with Gasteiger partial charge in [0.1, 0.15) is 0 Å². The van der Waals surface area contributed by atoms with Crippen LogP contribution >= 0.6 is 23.5 Å². The fourth-order valence-electron chi connectivity index (χ4n) is 6.07. The normalized spacial score (nSPS) is 26.5. The molecule has 256 valence electrons. The van der Waals surface area contributed by atoms with Crippen LogP contribution in [0.5, 0.6) is 0 Å². The van der Waals surface area contributed by atoms with E-state index in [-0.39, 0.29) is 48.0 Å². The van der Waals surface area contributed by atoms with Gasteiger partial charge in [0.15, 0.2) is 0 Å². The molecule has 4 heterocycles. The van der Waals surface area contributed by atoms with E-state index in [0.717, 1.165) is 62.9 Å². The zero-order valence-electron chi connectivity index (χ0n) is 26.3. The van der Waals surface area contributed by atoms with Gasteiger partial charge in [0.25, 0.3) is 0 Å². The first-order chi connectivity index (χ1) is 22.0. The second-order valence-electron chi connectivity index (χ2n) is 12.0. The maximum Gasteiger partial charge on any atom is 0.315 e. The van der Waals surface area contributed by atoms with E-state index < -0.39 is 0 Å². The number of hydrogen-bond donors (Lipinski definition) is 6. The van der Waals surface area contributed by atoms with Crippen LogP contribution in [0.15, 0.2) is 0 Å². The van der Waals surface area contributed by atoms with Crippen LogP contribution in [-0.2, 0) is 23.8 Å². The summed E-state index contributed by atoms with van der Waals surface area (Å²) in [7, 11) is 0. The Morgan fingerprint density at radius 3 is 1.47 bits per heavy atom. The second-order valence-corrected chi connectivity index (χ2v) is 14.5. The van der Waals surface area contributed by atoms with Gasteiger partial charge in [0.05, 0.1) is 50.6 Å². The Bertz CT molecular complexity index is 878. The van der Waals surface area contributed by atoms with Crippen LogP contribution in [0, 0.1) is 0 Å². The third-order valence-corrected chi connectivity index (χ3v) is 11.5. The van der Waals surface area contributed by atoms with Crippen LogP contribution in [-0.4, -0.2) is 123 Å². The predicted octanol–water partition coefficient (Wildman–Crippen LogP) is 1.50. The predicted molar refractivity (Wildman–Crippen MR) is 176 cm³/mol. The molecule has 4 rings (SSSR count). The van der Waals surface area contributed by atoms with Crippen molar-refractivity contribution >= 4 is 47.4 Å².